The number of carbonyl (C=O) groups is 2. The molecule has 0 spiro atoms. The lowest BCUT2D eigenvalue weighted by Crippen LogP contribution is -2.12. The van der Waals surface area contributed by atoms with E-state index in [1.807, 2.05) is 6.92 Å². The minimum atomic E-state index is -1.04. The zero-order chi connectivity index (χ0) is 12.1. The van der Waals surface area contributed by atoms with Gasteiger partial charge in [-0.05, 0) is 24.1 Å². The summed E-state index contributed by atoms with van der Waals surface area (Å²) in [5.41, 5.74) is 0.675. The van der Waals surface area contributed by atoms with Gasteiger partial charge >= 0.3 is 11.9 Å². The molecule has 86 valence electrons. The molecule has 0 saturated heterocycles. The molecule has 0 saturated carbocycles. The zero-order valence-corrected chi connectivity index (χ0v) is 9.01. The van der Waals surface area contributed by atoms with Crippen molar-refractivity contribution < 1.29 is 19.8 Å². The Morgan fingerprint density at radius 3 is 2.50 bits per heavy atom. The van der Waals surface area contributed by atoms with E-state index in [1.165, 1.54) is 12.1 Å². The van der Waals surface area contributed by atoms with Gasteiger partial charge < -0.3 is 10.2 Å². The number of hydrogen-bond donors (Lipinski definition) is 2. The van der Waals surface area contributed by atoms with Gasteiger partial charge in [0.25, 0.3) is 0 Å². The van der Waals surface area contributed by atoms with Crippen LogP contribution < -0.4 is 0 Å². The molecule has 0 aliphatic carbocycles. The monoisotopic (exact) mass is 222 g/mol. The lowest BCUT2D eigenvalue weighted by atomic mass is 9.93. The Kier molecular flexibility index (Phi) is 4.05. The van der Waals surface area contributed by atoms with E-state index < -0.39 is 17.9 Å². The van der Waals surface area contributed by atoms with Crippen molar-refractivity contribution in [2.45, 2.75) is 25.7 Å². The van der Waals surface area contributed by atoms with Crippen LogP contribution in [0.3, 0.4) is 0 Å². The fraction of sp³-hybridized carbons (Fsp3) is 0.333. The normalized spacial score (nSPS) is 12.1. The quantitative estimate of drug-likeness (QED) is 0.801. The second-order valence-electron chi connectivity index (χ2n) is 3.61. The third-order valence-corrected chi connectivity index (χ3v) is 2.41. The van der Waals surface area contributed by atoms with Crippen LogP contribution in [-0.2, 0) is 4.79 Å². The number of aliphatic carboxylic acids is 1. The van der Waals surface area contributed by atoms with E-state index in [-0.39, 0.29) is 5.56 Å². The summed E-state index contributed by atoms with van der Waals surface area (Å²) in [5.74, 6) is -2.57. The Morgan fingerprint density at radius 2 is 2.00 bits per heavy atom. The molecular weight excluding hydrogens is 208 g/mol. The topological polar surface area (TPSA) is 74.6 Å². The summed E-state index contributed by atoms with van der Waals surface area (Å²) in [6.07, 6.45) is 1.26. The van der Waals surface area contributed by atoms with Crippen molar-refractivity contribution in [3.63, 3.8) is 0 Å². The summed E-state index contributed by atoms with van der Waals surface area (Å²) in [6, 6.07) is 6.11. The molecule has 1 aromatic rings. The van der Waals surface area contributed by atoms with Crippen LogP contribution in [0.15, 0.2) is 24.3 Å². The van der Waals surface area contributed by atoms with Gasteiger partial charge in [-0.2, -0.15) is 0 Å². The predicted molar refractivity (Wildman–Crippen MR) is 58.7 cm³/mol. The van der Waals surface area contributed by atoms with E-state index in [0.29, 0.717) is 12.0 Å². The summed E-state index contributed by atoms with van der Waals surface area (Å²) in [4.78, 5) is 21.8. The van der Waals surface area contributed by atoms with Crippen molar-refractivity contribution in [3.8, 4) is 0 Å². The maximum absolute atomic E-state index is 11.0. The molecule has 0 bridgehead atoms. The summed E-state index contributed by atoms with van der Waals surface area (Å²) in [6.45, 7) is 1.90. The maximum atomic E-state index is 11.0. The Balaban J connectivity index is 3.04. The largest absolute Gasteiger partial charge is 0.481 e. The average Bonchev–Trinajstić information content (AvgIpc) is 2.25. The Hall–Kier alpha value is -1.84. The standard InChI is InChI=1S/C12H14O4/c1-2-4-10(12(15)16)8-5-3-6-9(7-8)11(13)14/h3,5-7,10H,2,4H2,1H3,(H,13,14)(H,15,16). The highest BCUT2D eigenvalue weighted by Gasteiger charge is 2.19. The van der Waals surface area contributed by atoms with Crippen molar-refractivity contribution in [3.05, 3.63) is 35.4 Å². The number of carboxylic acid groups (broad SMARTS) is 2. The fourth-order valence-corrected chi connectivity index (χ4v) is 1.61. The molecule has 0 aromatic heterocycles. The minimum Gasteiger partial charge on any atom is -0.481 e. The Bertz CT molecular complexity index is 398. The Morgan fingerprint density at radius 1 is 1.31 bits per heavy atom. The number of aromatic carboxylic acids is 1. The van der Waals surface area contributed by atoms with E-state index in [4.69, 9.17) is 10.2 Å². The molecule has 1 rings (SSSR count). The van der Waals surface area contributed by atoms with Gasteiger partial charge in [0.2, 0.25) is 0 Å². The molecule has 1 unspecified atom stereocenters. The molecule has 0 aliphatic heterocycles. The van der Waals surface area contributed by atoms with Crippen LogP contribution >= 0.6 is 0 Å². The van der Waals surface area contributed by atoms with Gasteiger partial charge in [-0.15, -0.1) is 0 Å². The van der Waals surface area contributed by atoms with Crippen molar-refractivity contribution >= 4 is 11.9 Å². The van der Waals surface area contributed by atoms with E-state index in [0.717, 1.165) is 6.42 Å². The maximum Gasteiger partial charge on any atom is 0.335 e. The van der Waals surface area contributed by atoms with Gasteiger partial charge in [0.15, 0.2) is 0 Å². The molecule has 0 amide bonds. The van der Waals surface area contributed by atoms with Crippen LogP contribution in [0.1, 0.15) is 41.6 Å². The first kappa shape index (κ1) is 12.2. The van der Waals surface area contributed by atoms with Crippen molar-refractivity contribution in [1.29, 1.82) is 0 Å². The summed E-state index contributed by atoms with van der Waals surface area (Å²) >= 11 is 0. The molecule has 2 N–H and O–H groups in total. The van der Waals surface area contributed by atoms with E-state index in [1.54, 1.807) is 12.1 Å². The van der Waals surface area contributed by atoms with Crippen LogP contribution in [0.2, 0.25) is 0 Å². The highest BCUT2D eigenvalue weighted by molar-refractivity contribution is 5.88. The first-order valence-corrected chi connectivity index (χ1v) is 5.12. The molecule has 0 fully saturated rings. The number of rotatable bonds is 5. The smallest absolute Gasteiger partial charge is 0.335 e. The van der Waals surface area contributed by atoms with Gasteiger partial charge in [0.1, 0.15) is 0 Å². The van der Waals surface area contributed by atoms with Crippen LogP contribution in [0.25, 0.3) is 0 Å². The minimum absolute atomic E-state index is 0.125. The van der Waals surface area contributed by atoms with Gasteiger partial charge in [-0.3, -0.25) is 4.79 Å². The SMILES string of the molecule is CCCC(C(=O)O)c1cccc(C(=O)O)c1. The molecule has 4 nitrogen and oxygen atoms in total. The lowest BCUT2D eigenvalue weighted by molar-refractivity contribution is -0.139. The number of carboxylic acids is 2. The summed E-state index contributed by atoms with van der Waals surface area (Å²) in [7, 11) is 0. The predicted octanol–water partition coefficient (Wildman–Crippen LogP) is 2.35. The van der Waals surface area contributed by atoms with Crippen LogP contribution in [0, 0.1) is 0 Å². The van der Waals surface area contributed by atoms with Gasteiger partial charge in [-0.25, -0.2) is 4.79 Å². The van der Waals surface area contributed by atoms with Crippen molar-refractivity contribution in [1.82, 2.24) is 0 Å². The molecular formula is C12H14O4. The van der Waals surface area contributed by atoms with Crippen molar-refractivity contribution in [2.24, 2.45) is 0 Å². The van der Waals surface area contributed by atoms with Crippen molar-refractivity contribution in [2.75, 3.05) is 0 Å². The second-order valence-corrected chi connectivity index (χ2v) is 3.61. The van der Waals surface area contributed by atoms with Gasteiger partial charge in [-0.1, -0.05) is 25.5 Å². The molecule has 1 atom stereocenters. The average molecular weight is 222 g/mol. The molecule has 16 heavy (non-hydrogen) atoms. The molecule has 0 aliphatic rings. The van der Waals surface area contributed by atoms with E-state index in [9.17, 15) is 9.59 Å². The third-order valence-electron chi connectivity index (χ3n) is 2.41. The van der Waals surface area contributed by atoms with E-state index >= 15 is 0 Å². The number of hydrogen-bond acceptors (Lipinski definition) is 2. The zero-order valence-electron chi connectivity index (χ0n) is 9.01. The molecule has 1 aromatic carbocycles. The second kappa shape index (κ2) is 5.30. The highest BCUT2D eigenvalue weighted by atomic mass is 16.4. The Labute approximate surface area is 93.5 Å². The molecule has 0 heterocycles. The lowest BCUT2D eigenvalue weighted by Gasteiger charge is -2.11. The van der Waals surface area contributed by atoms with Crippen LogP contribution in [-0.4, -0.2) is 22.2 Å². The highest BCUT2D eigenvalue weighted by Crippen LogP contribution is 2.22. The van der Waals surface area contributed by atoms with Gasteiger partial charge in [0.05, 0.1) is 11.5 Å². The van der Waals surface area contributed by atoms with Gasteiger partial charge in [0, 0.05) is 0 Å². The molecule has 4 heteroatoms. The summed E-state index contributed by atoms with van der Waals surface area (Å²) in [5, 5.41) is 17.9. The number of benzene rings is 1. The molecule has 0 radical (unpaired) electrons. The van der Waals surface area contributed by atoms with E-state index in [2.05, 4.69) is 0 Å². The van der Waals surface area contributed by atoms with Crippen LogP contribution in [0.4, 0.5) is 0 Å². The third kappa shape index (κ3) is 2.82. The first-order chi connectivity index (χ1) is 7.56. The fourth-order valence-electron chi connectivity index (χ4n) is 1.61. The summed E-state index contributed by atoms with van der Waals surface area (Å²) < 4.78 is 0. The van der Waals surface area contributed by atoms with Crippen LogP contribution in [0.5, 0.6) is 0 Å². The first-order valence-electron chi connectivity index (χ1n) is 5.12.